The van der Waals surface area contributed by atoms with Gasteiger partial charge in [0.1, 0.15) is 0 Å². The summed E-state index contributed by atoms with van der Waals surface area (Å²) in [5, 5.41) is 0. The van der Waals surface area contributed by atoms with Gasteiger partial charge in [-0.3, -0.25) is 4.79 Å². The topological polar surface area (TPSA) is 20.3 Å². The molecule has 0 aliphatic carbocycles. The van der Waals surface area contributed by atoms with Gasteiger partial charge in [0.05, 0.1) is 0 Å². The average Bonchev–Trinajstić information content (AvgIpc) is 1.23. The van der Waals surface area contributed by atoms with Crippen LogP contribution in [0, 0.1) is 0 Å². The van der Waals surface area contributed by atoms with E-state index in [9.17, 15) is 4.79 Å². The van der Waals surface area contributed by atoms with E-state index in [-0.39, 0.29) is 13.3 Å². The van der Waals surface area contributed by atoms with E-state index in [1.54, 1.807) is 6.92 Å². The highest BCUT2D eigenvalue weighted by Crippen LogP contribution is 2.03. The van der Waals surface area contributed by atoms with Crippen LogP contribution in [0.1, 0.15) is 20.8 Å². The monoisotopic (exact) mass is 115 g/mol. The molecule has 0 saturated carbocycles. The number of carbonyl (C=O) groups excluding carboxylic acids is 1. The summed E-state index contributed by atoms with van der Waals surface area (Å²) in [5.74, 6) is 0.214. The third kappa shape index (κ3) is 1.22. The van der Waals surface area contributed by atoms with Crippen molar-refractivity contribution in [1.29, 1.82) is 0 Å². The van der Waals surface area contributed by atoms with Crippen molar-refractivity contribution in [1.82, 2.24) is 4.90 Å². The van der Waals surface area contributed by atoms with Gasteiger partial charge in [-0.15, -0.1) is 0 Å². The maximum atomic E-state index is 10.4. The number of amides is 1. The second-order valence-electron chi connectivity index (χ2n) is 1.86. The number of rotatable bonds is 0. The molecular formula is C6H13NO. The van der Waals surface area contributed by atoms with Gasteiger partial charge in [-0.05, 0) is 6.42 Å². The molecule has 0 aromatic carbocycles. The molecule has 2 heteroatoms. The van der Waals surface area contributed by atoms with Gasteiger partial charge in [-0.2, -0.15) is 0 Å². The Bertz CT molecular complexity index is 86.5. The summed E-state index contributed by atoms with van der Waals surface area (Å²) in [4.78, 5) is 12.2. The van der Waals surface area contributed by atoms with E-state index in [4.69, 9.17) is 0 Å². The molecule has 1 aliphatic rings. The lowest BCUT2D eigenvalue weighted by molar-refractivity contribution is -0.132. The average molecular weight is 115 g/mol. The predicted molar refractivity (Wildman–Crippen MR) is 33.6 cm³/mol. The van der Waals surface area contributed by atoms with Crippen LogP contribution in [0.5, 0.6) is 0 Å². The zero-order chi connectivity index (χ0) is 5.28. The summed E-state index contributed by atoms with van der Waals surface area (Å²) in [6, 6.07) is 0. The first-order chi connectivity index (χ1) is 3.30. The Morgan fingerprint density at radius 3 is 2.00 bits per heavy atom. The van der Waals surface area contributed by atoms with E-state index in [0.29, 0.717) is 0 Å². The van der Waals surface area contributed by atoms with Crippen LogP contribution in [0.4, 0.5) is 0 Å². The van der Waals surface area contributed by atoms with Gasteiger partial charge in [0.25, 0.3) is 0 Å². The molecule has 0 N–H and O–H groups in total. The van der Waals surface area contributed by atoms with Crippen LogP contribution in [0.15, 0.2) is 0 Å². The Kier molecular flexibility index (Phi) is 2.52. The van der Waals surface area contributed by atoms with E-state index in [2.05, 4.69) is 0 Å². The van der Waals surface area contributed by atoms with Gasteiger partial charge >= 0.3 is 0 Å². The molecule has 0 aromatic rings. The first-order valence-electron chi connectivity index (χ1n) is 2.56. The first-order valence-corrected chi connectivity index (χ1v) is 2.56. The Hall–Kier alpha value is -0.530. The van der Waals surface area contributed by atoms with Crippen LogP contribution >= 0.6 is 0 Å². The minimum absolute atomic E-state index is 0. The van der Waals surface area contributed by atoms with Crippen LogP contribution in [-0.4, -0.2) is 23.9 Å². The standard InChI is InChI=1S/C5H9NO.CH4/c1-5(7)6-3-2-4-6;/h2-4H2,1H3;1H4. The van der Waals surface area contributed by atoms with Crippen molar-refractivity contribution in [3.05, 3.63) is 0 Å². The second kappa shape index (κ2) is 2.70. The fraction of sp³-hybridized carbons (Fsp3) is 0.833. The van der Waals surface area contributed by atoms with Crippen LogP contribution in [0.2, 0.25) is 0 Å². The summed E-state index contributed by atoms with van der Waals surface area (Å²) in [7, 11) is 0. The highest BCUT2D eigenvalue weighted by molar-refractivity contribution is 5.73. The minimum Gasteiger partial charge on any atom is -0.343 e. The molecule has 1 aliphatic heterocycles. The van der Waals surface area contributed by atoms with Crippen molar-refractivity contribution in [3.63, 3.8) is 0 Å². The van der Waals surface area contributed by atoms with Gasteiger partial charge in [0.15, 0.2) is 0 Å². The minimum atomic E-state index is 0. The number of hydrogen-bond acceptors (Lipinski definition) is 1. The van der Waals surface area contributed by atoms with E-state index >= 15 is 0 Å². The first kappa shape index (κ1) is 7.47. The van der Waals surface area contributed by atoms with Crippen molar-refractivity contribution < 1.29 is 4.79 Å². The molecule has 48 valence electrons. The smallest absolute Gasteiger partial charge is 0.219 e. The highest BCUT2D eigenvalue weighted by Gasteiger charge is 2.14. The summed E-state index contributed by atoms with van der Waals surface area (Å²) < 4.78 is 0. The molecule has 1 rings (SSSR count). The predicted octanol–water partition coefficient (Wildman–Crippen LogP) is 0.875. The molecule has 8 heavy (non-hydrogen) atoms. The van der Waals surface area contributed by atoms with Gasteiger partial charge in [-0.25, -0.2) is 0 Å². The lowest BCUT2D eigenvalue weighted by Gasteiger charge is -2.29. The Morgan fingerprint density at radius 2 is 2.00 bits per heavy atom. The van der Waals surface area contributed by atoms with Gasteiger partial charge in [0.2, 0.25) is 5.91 Å². The fourth-order valence-corrected chi connectivity index (χ4v) is 0.631. The zero-order valence-electron chi connectivity index (χ0n) is 4.48. The largest absolute Gasteiger partial charge is 0.343 e. The van der Waals surface area contributed by atoms with Crippen LogP contribution in [0.25, 0.3) is 0 Å². The van der Waals surface area contributed by atoms with Crippen LogP contribution < -0.4 is 0 Å². The van der Waals surface area contributed by atoms with Crippen LogP contribution in [-0.2, 0) is 4.79 Å². The Balaban J connectivity index is 0.000000490. The third-order valence-electron chi connectivity index (χ3n) is 1.30. The maximum Gasteiger partial charge on any atom is 0.219 e. The molecular weight excluding hydrogens is 102 g/mol. The van der Waals surface area contributed by atoms with Gasteiger partial charge in [0, 0.05) is 20.0 Å². The molecule has 1 amide bonds. The molecule has 0 unspecified atom stereocenters. The van der Waals surface area contributed by atoms with Crippen LogP contribution in [0.3, 0.4) is 0 Å². The molecule has 1 fully saturated rings. The molecule has 1 saturated heterocycles. The Labute approximate surface area is 50.5 Å². The molecule has 0 atom stereocenters. The molecule has 1 heterocycles. The fourth-order valence-electron chi connectivity index (χ4n) is 0.631. The van der Waals surface area contributed by atoms with E-state index in [1.807, 2.05) is 4.90 Å². The lowest BCUT2D eigenvalue weighted by Crippen LogP contribution is -2.40. The number of nitrogens with zero attached hydrogens (tertiary/aromatic N) is 1. The zero-order valence-corrected chi connectivity index (χ0v) is 4.48. The van der Waals surface area contributed by atoms with Crippen molar-refractivity contribution in [2.75, 3.05) is 13.1 Å². The number of hydrogen-bond donors (Lipinski definition) is 0. The number of likely N-dealkylation sites (tertiary alicyclic amines) is 1. The van der Waals surface area contributed by atoms with Crippen molar-refractivity contribution >= 4 is 5.91 Å². The van der Waals surface area contributed by atoms with E-state index in [0.717, 1.165) is 13.1 Å². The van der Waals surface area contributed by atoms with Crippen molar-refractivity contribution in [2.45, 2.75) is 20.8 Å². The number of carbonyl (C=O) groups is 1. The quantitative estimate of drug-likeness (QED) is 0.459. The Morgan fingerprint density at radius 1 is 1.50 bits per heavy atom. The molecule has 0 radical (unpaired) electrons. The summed E-state index contributed by atoms with van der Waals surface area (Å²) in [6.07, 6.45) is 1.19. The van der Waals surface area contributed by atoms with E-state index < -0.39 is 0 Å². The second-order valence-corrected chi connectivity index (χ2v) is 1.86. The van der Waals surface area contributed by atoms with Gasteiger partial charge < -0.3 is 4.90 Å². The summed E-state index contributed by atoms with van der Waals surface area (Å²) >= 11 is 0. The molecule has 0 spiro atoms. The van der Waals surface area contributed by atoms with E-state index in [1.165, 1.54) is 6.42 Å². The summed E-state index contributed by atoms with van der Waals surface area (Å²) in [6.45, 7) is 3.57. The maximum absolute atomic E-state index is 10.4. The third-order valence-corrected chi connectivity index (χ3v) is 1.30. The molecule has 2 nitrogen and oxygen atoms in total. The SMILES string of the molecule is C.CC(=O)N1CCC1. The van der Waals surface area contributed by atoms with Gasteiger partial charge in [-0.1, -0.05) is 7.43 Å². The van der Waals surface area contributed by atoms with Crippen molar-refractivity contribution in [2.24, 2.45) is 0 Å². The van der Waals surface area contributed by atoms with Crippen molar-refractivity contribution in [3.8, 4) is 0 Å². The lowest BCUT2D eigenvalue weighted by atomic mass is 10.2. The normalized spacial score (nSPS) is 16.4. The molecule has 0 bridgehead atoms. The summed E-state index contributed by atoms with van der Waals surface area (Å²) in [5.41, 5.74) is 0. The molecule has 0 aromatic heterocycles. The highest BCUT2D eigenvalue weighted by atomic mass is 16.2.